The monoisotopic (exact) mass is 353 g/mol. The lowest BCUT2D eigenvalue weighted by molar-refractivity contribution is 0.0238. The van der Waals surface area contributed by atoms with Gasteiger partial charge >= 0.3 is 0 Å². The molecule has 2 aliphatic rings. The van der Waals surface area contributed by atoms with Gasteiger partial charge in [-0.3, -0.25) is 4.79 Å². The molecular weight excluding hydrogens is 330 g/mol. The molecule has 0 aromatic carbocycles. The van der Waals surface area contributed by atoms with E-state index in [0.29, 0.717) is 29.7 Å². The standard InChI is InChI=1S/C17H24ClN3O3/c1-20-5-2-6-21(8-7-20)17(22)13-11-15(18)16(19-12-13)24-14-3-9-23-10-4-14/h11-12,14H,2-10H2,1H3. The van der Waals surface area contributed by atoms with Gasteiger partial charge in [0, 0.05) is 38.7 Å². The second-order valence-electron chi connectivity index (χ2n) is 6.39. The highest BCUT2D eigenvalue weighted by molar-refractivity contribution is 6.32. The minimum atomic E-state index is -0.0164. The molecular formula is C17H24ClN3O3. The minimum absolute atomic E-state index is 0.0164. The molecule has 7 heteroatoms. The molecule has 6 nitrogen and oxygen atoms in total. The Kier molecular flexibility index (Phi) is 5.92. The summed E-state index contributed by atoms with van der Waals surface area (Å²) in [5.41, 5.74) is 0.517. The van der Waals surface area contributed by atoms with Gasteiger partial charge in [-0.05, 0) is 26.1 Å². The van der Waals surface area contributed by atoms with Gasteiger partial charge in [0.1, 0.15) is 11.1 Å². The summed E-state index contributed by atoms with van der Waals surface area (Å²) in [6, 6.07) is 1.67. The van der Waals surface area contributed by atoms with Crippen LogP contribution in [0, 0.1) is 0 Å². The Morgan fingerprint density at radius 2 is 2.08 bits per heavy atom. The second kappa shape index (κ2) is 8.14. The van der Waals surface area contributed by atoms with Crippen molar-refractivity contribution in [2.45, 2.75) is 25.4 Å². The Balaban J connectivity index is 1.65. The lowest BCUT2D eigenvalue weighted by atomic mass is 10.1. The lowest BCUT2D eigenvalue weighted by Gasteiger charge is -2.23. The maximum atomic E-state index is 12.7. The molecule has 24 heavy (non-hydrogen) atoms. The van der Waals surface area contributed by atoms with Crippen molar-refractivity contribution in [1.82, 2.24) is 14.8 Å². The second-order valence-corrected chi connectivity index (χ2v) is 6.80. The van der Waals surface area contributed by atoms with Crippen LogP contribution in [0.4, 0.5) is 0 Å². The first-order valence-corrected chi connectivity index (χ1v) is 8.89. The van der Waals surface area contributed by atoms with Gasteiger partial charge in [0.05, 0.1) is 18.8 Å². The highest BCUT2D eigenvalue weighted by Gasteiger charge is 2.22. The van der Waals surface area contributed by atoms with Crippen molar-refractivity contribution in [2.75, 3.05) is 46.4 Å². The number of hydrogen-bond donors (Lipinski definition) is 0. The summed E-state index contributed by atoms with van der Waals surface area (Å²) >= 11 is 6.29. The predicted octanol–water partition coefficient (Wildman–Crippen LogP) is 2.07. The van der Waals surface area contributed by atoms with Crippen LogP contribution in [-0.2, 0) is 4.74 Å². The summed E-state index contributed by atoms with van der Waals surface area (Å²) in [5.74, 6) is 0.382. The fourth-order valence-corrected chi connectivity index (χ4v) is 3.22. The maximum Gasteiger partial charge on any atom is 0.255 e. The SMILES string of the molecule is CN1CCCN(C(=O)c2cnc(OC3CCOCC3)c(Cl)c2)CC1. The third-order valence-electron chi connectivity index (χ3n) is 4.51. The molecule has 3 heterocycles. The van der Waals surface area contributed by atoms with E-state index in [1.165, 1.54) is 0 Å². The van der Waals surface area contributed by atoms with Crippen molar-refractivity contribution in [1.29, 1.82) is 0 Å². The summed E-state index contributed by atoms with van der Waals surface area (Å²) in [5, 5.41) is 0.388. The fourth-order valence-electron chi connectivity index (χ4n) is 3.01. The van der Waals surface area contributed by atoms with Crippen LogP contribution in [-0.4, -0.2) is 73.2 Å². The van der Waals surface area contributed by atoms with Gasteiger partial charge in [-0.2, -0.15) is 0 Å². The quantitative estimate of drug-likeness (QED) is 0.832. The first-order valence-electron chi connectivity index (χ1n) is 8.51. The van der Waals surface area contributed by atoms with E-state index in [0.717, 1.165) is 45.4 Å². The highest BCUT2D eigenvalue weighted by atomic mass is 35.5. The van der Waals surface area contributed by atoms with E-state index in [2.05, 4.69) is 16.9 Å². The molecule has 0 N–H and O–H groups in total. The van der Waals surface area contributed by atoms with E-state index in [9.17, 15) is 4.79 Å². The van der Waals surface area contributed by atoms with Crippen LogP contribution < -0.4 is 4.74 Å². The van der Waals surface area contributed by atoms with E-state index in [1.807, 2.05) is 4.90 Å². The van der Waals surface area contributed by atoms with Gasteiger partial charge in [0.2, 0.25) is 5.88 Å². The Morgan fingerprint density at radius 3 is 2.83 bits per heavy atom. The molecule has 132 valence electrons. The first kappa shape index (κ1) is 17.5. The zero-order chi connectivity index (χ0) is 16.9. The molecule has 2 fully saturated rings. The van der Waals surface area contributed by atoms with Gasteiger partial charge in [-0.25, -0.2) is 4.98 Å². The number of pyridine rings is 1. The highest BCUT2D eigenvalue weighted by Crippen LogP contribution is 2.26. The van der Waals surface area contributed by atoms with Gasteiger partial charge in [0.15, 0.2) is 0 Å². The van der Waals surface area contributed by atoms with Crippen LogP contribution in [0.1, 0.15) is 29.6 Å². The number of hydrogen-bond acceptors (Lipinski definition) is 5. The first-order chi connectivity index (χ1) is 11.6. The third-order valence-corrected chi connectivity index (χ3v) is 4.78. The summed E-state index contributed by atoms with van der Waals surface area (Å²) in [6.07, 6.45) is 4.29. The number of halogens is 1. The largest absolute Gasteiger partial charge is 0.473 e. The molecule has 1 amide bonds. The molecule has 1 aromatic heterocycles. The van der Waals surface area contributed by atoms with E-state index in [1.54, 1.807) is 12.3 Å². The van der Waals surface area contributed by atoms with E-state index in [4.69, 9.17) is 21.1 Å². The molecule has 0 aliphatic carbocycles. The van der Waals surface area contributed by atoms with Gasteiger partial charge < -0.3 is 19.3 Å². The smallest absolute Gasteiger partial charge is 0.255 e. The van der Waals surface area contributed by atoms with Gasteiger partial charge in [-0.15, -0.1) is 0 Å². The van der Waals surface area contributed by atoms with Crippen LogP contribution in [0.3, 0.4) is 0 Å². The molecule has 0 radical (unpaired) electrons. The summed E-state index contributed by atoms with van der Waals surface area (Å²) in [6.45, 7) is 4.79. The van der Waals surface area contributed by atoms with Crippen LogP contribution in [0.5, 0.6) is 5.88 Å². The number of carbonyl (C=O) groups excluding carboxylic acids is 1. The molecule has 0 saturated carbocycles. The Bertz CT molecular complexity index is 578. The Labute approximate surface area is 147 Å². The fraction of sp³-hybridized carbons (Fsp3) is 0.647. The number of likely N-dealkylation sites (N-methyl/N-ethyl adjacent to an activating group) is 1. The zero-order valence-corrected chi connectivity index (χ0v) is 14.8. The molecule has 2 saturated heterocycles. The topological polar surface area (TPSA) is 54.9 Å². The van der Waals surface area contributed by atoms with E-state index in [-0.39, 0.29) is 12.0 Å². The van der Waals surface area contributed by atoms with Crippen molar-refractivity contribution >= 4 is 17.5 Å². The maximum absolute atomic E-state index is 12.7. The van der Waals surface area contributed by atoms with Gasteiger partial charge in [0.25, 0.3) is 5.91 Å². The van der Waals surface area contributed by atoms with Gasteiger partial charge in [-0.1, -0.05) is 11.6 Å². The van der Waals surface area contributed by atoms with Crippen LogP contribution >= 0.6 is 11.6 Å². The average molecular weight is 354 g/mol. The van der Waals surface area contributed by atoms with Crippen LogP contribution in [0.25, 0.3) is 0 Å². The molecule has 0 spiro atoms. The van der Waals surface area contributed by atoms with E-state index >= 15 is 0 Å². The summed E-state index contributed by atoms with van der Waals surface area (Å²) in [7, 11) is 2.08. The van der Waals surface area contributed by atoms with Crippen LogP contribution in [0.15, 0.2) is 12.3 Å². The normalized spacial score (nSPS) is 20.7. The van der Waals surface area contributed by atoms with E-state index < -0.39 is 0 Å². The number of aromatic nitrogens is 1. The third kappa shape index (κ3) is 4.37. The predicted molar refractivity (Wildman–Crippen MR) is 91.7 cm³/mol. The summed E-state index contributed by atoms with van der Waals surface area (Å²) < 4.78 is 11.2. The van der Waals surface area contributed by atoms with Crippen molar-refractivity contribution in [3.05, 3.63) is 22.8 Å². The van der Waals surface area contributed by atoms with Crippen LogP contribution in [0.2, 0.25) is 5.02 Å². The number of rotatable bonds is 3. The van der Waals surface area contributed by atoms with Crippen molar-refractivity contribution in [3.63, 3.8) is 0 Å². The summed E-state index contributed by atoms with van der Waals surface area (Å²) in [4.78, 5) is 21.0. The minimum Gasteiger partial charge on any atom is -0.473 e. The molecule has 0 bridgehead atoms. The zero-order valence-electron chi connectivity index (χ0n) is 14.0. The molecule has 2 aliphatic heterocycles. The number of nitrogens with zero attached hydrogens (tertiary/aromatic N) is 3. The molecule has 0 atom stereocenters. The van der Waals surface area contributed by atoms with Crippen molar-refractivity contribution < 1.29 is 14.3 Å². The lowest BCUT2D eigenvalue weighted by Crippen LogP contribution is -2.34. The number of carbonyl (C=O) groups is 1. The van der Waals surface area contributed by atoms with Crippen molar-refractivity contribution in [3.8, 4) is 5.88 Å². The Morgan fingerprint density at radius 1 is 1.29 bits per heavy atom. The Hall–Kier alpha value is -1.37. The average Bonchev–Trinajstić information content (AvgIpc) is 2.81. The molecule has 1 aromatic rings. The molecule has 0 unspecified atom stereocenters. The number of amides is 1. The van der Waals surface area contributed by atoms with Crippen molar-refractivity contribution in [2.24, 2.45) is 0 Å². The molecule has 3 rings (SSSR count). The number of ether oxygens (including phenoxy) is 2.